The van der Waals surface area contributed by atoms with E-state index in [0.717, 1.165) is 23.4 Å². The Bertz CT molecular complexity index is 1240. The molecule has 0 spiro atoms. The van der Waals surface area contributed by atoms with Crippen LogP contribution >= 0.6 is 58.2 Å². The molecule has 14 nitrogen and oxygen atoms in total. The van der Waals surface area contributed by atoms with Gasteiger partial charge in [-0.25, -0.2) is 9.78 Å². The van der Waals surface area contributed by atoms with Crippen molar-refractivity contribution in [2.75, 3.05) is 29.9 Å². The fraction of sp³-hybridized carbons (Fsp3) is 0.333. The first kappa shape index (κ1) is 27.3. The molecular formula is C18H17N7O7S5. The summed E-state index contributed by atoms with van der Waals surface area (Å²) < 4.78 is 5.50. The highest BCUT2D eigenvalue weighted by Gasteiger charge is 2.54. The van der Waals surface area contributed by atoms with E-state index >= 15 is 0 Å². The van der Waals surface area contributed by atoms with Gasteiger partial charge in [-0.05, 0) is 5.57 Å². The van der Waals surface area contributed by atoms with E-state index in [-0.39, 0.29) is 28.2 Å². The third kappa shape index (κ3) is 6.24. The van der Waals surface area contributed by atoms with Crippen molar-refractivity contribution < 1.29 is 33.3 Å². The number of aromatic nitrogens is 3. The van der Waals surface area contributed by atoms with Crippen LogP contribution in [0.5, 0.6) is 0 Å². The summed E-state index contributed by atoms with van der Waals surface area (Å²) in [5.41, 5.74) is 1.97. The van der Waals surface area contributed by atoms with E-state index in [1.165, 1.54) is 52.3 Å². The quantitative estimate of drug-likeness (QED) is 0.0432. The number of β-lactam (4-membered cyclic amide) rings is 1. The summed E-state index contributed by atoms with van der Waals surface area (Å²) in [6.45, 7) is 0. The minimum atomic E-state index is -1.22. The number of nitrogens with one attached hydrogen (secondary N) is 2. The van der Waals surface area contributed by atoms with Crippen molar-refractivity contribution in [2.24, 2.45) is 5.16 Å². The monoisotopic (exact) mass is 603 g/mol. The van der Waals surface area contributed by atoms with Crippen molar-refractivity contribution in [3.63, 3.8) is 0 Å². The minimum absolute atomic E-state index is 0.0178. The first-order valence-corrected chi connectivity index (χ1v) is 14.8. The lowest BCUT2D eigenvalue weighted by atomic mass is 10.0. The predicted octanol–water partition coefficient (Wildman–Crippen LogP) is 1.07. The average molecular weight is 604 g/mol. The fourth-order valence-electron chi connectivity index (χ4n) is 3.24. The predicted molar refractivity (Wildman–Crippen MR) is 139 cm³/mol. The van der Waals surface area contributed by atoms with Crippen LogP contribution in [-0.2, 0) is 28.2 Å². The standard InChI is InChI=1S/C18H17N7O7S5/c1-31-37-7-32-24-10(9-4-34-17(21-9)19-5-26)13(27)22-11-14(28)25-12(16(29)30)8(2-33-15(11)25)3-35-18-23-20-6-36-18/h4-6,11,15H,2-3,7H2,1H3,(H,22,27)(H,29,30)(H,19,21,26)/t11?,15-/m1/s1. The molecule has 1 unspecified atom stereocenters. The molecule has 0 aliphatic carbocycles. The fourth-order valence-corrected chi connectivity index (χ4v) is 7.06. The molecule has 1 saturated heterocycles. The number of carboxylic acid groups (broad SMARTS) is 1. The molecular weight excluding hydrogens is 587 g/mol. The molecule has 0 bridgehead atoms. The van der Waals surface area contributed by atoms with Crippen LogP contribution in [0.15, 0.2) is 31.7 Å². The summed E-state index contributed by atoms with van der Waals surface area (Å²) in [4.78, 5) is 59.3. The molecule has 2 atom stereocenters. The summed E-state index contributed by atoms with van der Waals surface area (Å²) in [5.74, 6) is -1.85. The number of hydrogen-bond donors (Lipinski definition) is 3. The van der Waals surface area contributed by atoms with Gasteiger partial charge in [0.1, 0.15) is 28.3 Å². The Morgan fingerprint density at radius 3 is 2.95 bits per heavy atom. The molecule has 19 heteroatoms. The summed E-state index contributed by atoms with van der Waals surface area (Å²) >= 11 is 6.04. The Morgan fingerprint density at radius 1 is 1.41 bits per heavy atom. The van der Waals surface area contributed by atoms with Gasteiger partial charge in [0.2, 0.25) is 6.41 Å². The van der Waals surface area contributed by atoms with E-state index in [1.807, 2.05) is 0 Å². The first-order valence-electron chi connectivity index (χ1n) is 10.1. The Labute approximate surface area is 229 Å². The SMILES string of the molecule is COSCON=C(C(=O)NC1C(=O)N2C(C(=O)O)=C(CSc3nncs3)CS[C@H]12)c1csc(NC=O)n1. The number of hydrogen-bond acceptors (Lipinski definition) is 15. The number of fused-ring (bicyclic) bond motifs is 1. The topological polar surface area (TPSA) is 185 Å². The number of carbonyl (C=O) groups is 4. The van der Waals surface area contributed by atoms with Crippen molar-refractivity contribution in [1.82, 2.24) is 25.4 Å². The zero-order valence-electron chi connectivity index (χ0n) is 18.7. The summed E-state index contributed by atoms with van der Waals surface area (Å²) in [5, 5.41) is 27.5. The second kappa shape index (κ2) is 12.7. The maximum absolute atomic E-state index is 13.1. The van der Waals surface area contributed by atoms with Gasteiger partial charge in [0, 0.05) is 28.9 Å². The second-order valence-electron chi connectivity index (χ2n) is 6.88. The Morgan fingerprint density at radius 2 is 2.24 bits per heavy atom. The van der Waals surface area contributed by atoms with Crippen LogP contribution < -0.4 is 10.6 Å². The van der Waals surface area contributed by atoms with Crippen LogP contribution in [0.3, 0.4) is 0 Å². The molecule has 2 aliphatic rings. The lowest BCUT2D eigenvalue weighted by Gasteiger charge is -2.49. The first-order chi connectivity index (χ1) is 17.9. The van der Waals surface area contributed by atoms with Crippen molar-refractivity contribution in [3.05, 3.63) is 27.9 Å². The normalized spacial score (nSPS) is 19.2. The molecule has 0 aromatic carbocycles. The number of oxime groups is 1. The van der Waals surface area contributed by atoms with E-state index in [0.29, 0.717) is 27.8 Å². The molecule has 37 heavy (non-hydrogen) atoms. The van der Waals surface area contributed by atoms with Gasteiger partial charge in [0.05, 0.1) is 7.11 Å². The maximum atomic E-state index is 13.1. The Kier molecular flexibility index (Phi) is 9.38. The van der Waals surface area contributed by atoms with Crippen LogP contribution in [0.25, 0.3) is 0 Å². The minimum Gasteiger partial charge on any atom is -0.477 e. The molecule has 196 valence electrons. The van der Waals surface area contributed by atoms with Crippen molar-refractivity contribution in [1.29, 1.82) is 0 Å². The van der Waals surface area contributed by atoms with Crippen LogP contribution in [0, 0.1) is 0 Å². The largest absolute Gasteiger partial charge is 0.477 e. The number of carboxylic acids is 1. The van der Waals surface area contributed by atoms with Crippen LogP contribution in [-0.4, -0.2) is 91.1 Å². The molecule has 2 aliphatic heterocycles. The van der Waals surface area contributed by atoms with Gasteiger partial charge in [0.25, 0.3) is 11.8 Å². The van der Waals surface area contributed by atoms with Crippen LogP contribution in [0.1, 0.15) is 5.69 Å². The Balaban J connectivity index is 1.48. The molecule has 1 fully saturated rings. The zero-order valence-corrected chi connectivity index (χ0v) is 22.8. The summed E-state index contributed by atoms with van der Waals surface area (Å²) in [6.07, 6.45) is 0.446. The highest BCUT2D eigenvalue weighted by atomic mass is 32.2. The highest BCUT2D eigenvalue weighted by Crippen LogP contribution is 2.41. The summed E-state index contributed by atoms with van der Waals surface area (Å²) in [6, 6.07) is -0.978. The van der Waals surface area contributed by atoms with Crippen molar-refractivity contribution in [3.8, 4) is 0 Å². The third-order valence-electron chi connectivity index (χ3n) is 4.77. The number of amides is 3. The Hall–Kier alpha value is -2.71. The highest BCUT2D eigenvalue weighted by molar-refractivity contribution is 8.01. The van der Waals surface area contributed by atoms with Crippen molar-refractivity contribution >= 4 is 93.3 Å². The lowest BCUT2D eigenvalue weighted by molar-refractivity contribution is -0.150. The van der Waals surface area contributed by atoms with Crippen molar-refractivity contribution in [2.45, 2.75) is 15.8 Å². The van der Waals surface area contributed by atoms with Gasteiger partial charge >= 0.3 is 5.97 Å². The zero-order chi connectivity index (χ0) is 26.4. The number of rotatable bonds is 13. The van der Waals surface area contributed by atoms with E-state index in [1.54, 1.807) is 5.51 Å². The molecule has 4 rings (SSSR count). The number of carbonyl (C=O) groups excluding carboxylic acids is 3. The van der Waals surface area contributed by atoms with Gasteiger partial charge in [-0.3, -0.25) is 19.3 Å². The van der Waals surface area contributed by atoms with Gasteiger partial charge in [-0.1, -0.05) is 28.3 Å². The molecule has 0 radical (unpaired) electrons. The molecule has 3 N–H and O–H groups in total. The summed E-state index contributed by atoms with van der Waals surface area (Å²) in [7, 11) is 1.44. The maximum Gasteiger partial charge on any atom is 0.352 e. The number of anilines is 1. The van der Waals surface area contributed by atoms with Crippen LogP contribution in [0.2, 0.25) is 0 Å². The average Bonchev–Trinajstić information content (AvgIpc) is 3.58. The third-order valence-corrected chi connectivity index (χ3v) is 9.26. The van der Waals surface area contributed by atoms with Gasteiger partial charge in [0.15, 0.2) is 21.1 Å². The molecule has 3 amide bonds. The lowest BCUT2D eigenvalue weighted by Crippen LogP contribution is -2.71. The smallest absolute Gasteiger partial charge is 0.352 e. The van der Waals surface area contributed by atoms with E-state index in [4.69, 9.17) is 9.02 Å². The molecule has 0 saturated carbocycles. The van der Waals surface area contributed by atoms with Gasteiger partial charge < -0.3 is 24.8 Å². The van der Waals surface area contributed by atoms with E-state index in [2.05, 4.69) is 31.0 Å². The van der Waals surface area contributed by atoms with Gasteiger partial charge in [-0.2, -0.15) is 0 Å². The number of nitrogens with zero attached hydrogens (tertiary/aromatic N) is 5. The van der Waals surface area contributed by atoms with E-state index in [9.17, 15) is 24.3 Å². The molecule has 2 aromatic heterocycles. The number of thiazole rings is 1. The van der Waals surface area contributed by atoms with E-state index < -0.39 is 29.2 Å². The number of thioether (sulfide) groups is 2. The molecule has 4 heterocycles. The van der Waals surface area contributed by atoms with Gasteiger partial charge in [-0.15, -0.1) is 33.3 Å². The van der Waals surface area contributed by atoms with Crippen LogP contribution in [0.4, 0.5) is 5.13 Å². The second-order valence-corrected chi connectivity index (χ2v) is 11.7. The number of aliphatic carboxylic acids is 1. The molecule has 2 aromatic rings.